The summed E-state index contributed by atoms with van der Waals surface area (Å²) < 4.78 is 33.9. The largest absolute Gasteiger partial charge is 0.490 e. The summed E-state index contributed by atoms with van der Waals surface area (Å²) in [5, 5.41) is 0. The molecule has 0 aromatic heterocycles. The standard InChI is InChI=1S/C30H36N2O4S/c33-29-24-14-15-28-27(18-24)32(20-30(21-36-28)16-7-10-23-9-4-5-11-26(23)30)19-25-13-12-22(25)8-3-1-2-6-17-37(34,35)31-29/h1,3-5,9,11,14-15,18,22,25H,2,6-8,10,12-13,16-17,19-21H2,(H,31,33). The highest BCUT2D eigenvalue weighted by atomic mass is 32.2. The lowest BCUT2D eigenvalue weighted by Crippen LogP contribution is -2.48. The van der Waals surface area contributed by atoms with Crippen molar-refractivity contribution in [2.45, 2.75) is 56.8 Å². The Morgan fingerprint density at radius 3 is 2.76 bits per heavy atom. The van der Waals surface area contributed by atoms with Gasteiger partial charge in [0.05, 0.1) is 18.0 Å². The van der Waals surface area contributed by atoms with Gasteiger partial charge in [-0.2, -0.15) is 0 Å². The summed E-state index contributed by atoms with van der Waals surface area (Å²) in [5.74, 6) is 1.38. The summed E-state index contributed by atoms with van der Waals surface area (Å²) >= 11 is 0. The van der Waals surface area contributed by atoms with Gasteiger partial charge in [-0.15, -0.1) is 0 Å². The Morgan fingerprint density at radius 2 is 1.89 bits per heavy atom. The molecule has 2 aliphatic heterocycles. The van der Waals surface area contributed by atoms with Crippen molar-refractivity contribution in [3.05, 3.63) is 71.3 Å². The van der Waals surface area contributed by atoms with Gasteiger partial charge in [-0.1, -0.05) is 36.4 Å². The van der Waals surface area contributed by atoms with Crippen LogP contribution in [0.3, 0.4) is 0 Å². The van der Waals surface area contributed by atoms with Crippen LogP contribution in [0, 0.1) is 11.8 Å². The smallest absolute Gasteiger partial charge is 0.264 e. The number of carbonyl (C=O) groups is 1. The molecule has 2 heterocycles. The van der Waals surface area contributed by atoms with E-state index in [0.29, 0.717) is 36.8 Å². The number of hydrogen-bond acceptors (Lipinski definition) is 5. The molecule has 0 saturated heterocycles. The molecule has 2 bridgehead atoms. The molecular weight excluding hydrogens is 484 g/mol. The predicted molar refractivity (Wildman–Crippen MR) is 146 cm³/mol. The fourth-order valence-corrected chi connectivity index (χ4v) is 7.78. The Kier molecular flexibility index (Phi) is 6.51. The van der Waals surface area contributed by atoms with E-state index in [1.54, 1.807) is 6.07 Å². The van der Waals surface area contributed by atoms with Crippen LogP contribution in [-0.2, 0) is 21.9 Å². The zero-order valence-corrected chi connectivity index (χ0v) is 22.1. The molecular formula is C30H36N2O4S. The summed E-state index contributed by atoms with van der Waals surface area (Å²) in [7, 11) is -3.69. The molecule has 1 amide bonds. The fourth-order valence-electron chi connectivity index (χ4n) is 6.73. The number of amides is 1. The van der Waals surface area contributed by atoms with Crippen molar-refractivity contribution in [3.8, 4) is 5.75 Å². The van der Waals surface area contributed by atoms with E-state index in [1.165, 1.54) is 24.0 Å². The van der Waals surface area contributed by atoms with Gasteiger partial charge in [-0.25, -0.2) is 13.1 Å². The lowest BCUT2D eigenvalue weighted by molar-refractivity contribution is 0.0981. The van der Waals surface area contributed by atoms with Crippen LogP contribution in [-0.4, -0.2) is 39.8 Å². The van der Waals surface area contributed by atoms with E-state index in [9.17, 15) is 13.2 Å². The molecule has 1 N–H and O–H groups in total. The fraction of sp³-hybridized carbons (Fsp3) is 0.500. The van der Waals surface area contributed by atoms with Gasteiger partial charge in [-0.05, 0) is 92.5 Å². The van der Waals surface area contributed by atoms with E-state index in [0.717, 1.165) is 50.2 Å². The van der Waals surface area contributed by atoms with E-state index < -0.39 is 15.9 Å². The molecule has 6 nitrogen and oxygen atoms in total. The molecule has 6 rings (SSSR count). The van der Waals surface area contributed by atoms with Crippen molar-refractivity contribution in [1.29, 1.82) is 0 Å². The number of rotatable bonds is 0. The average molecular weight is 521 g/mol. The second-order valence-electron chi connectivity index (χ2n) is 11.3. The third-order valence-corrected chi connectivity index (χ3v) is 10.2. The first-order valence-electron chi connectivity index (χ1n) is 13.7. The number of allylic oxidation sites excluding steroid dienone is 2. The van der Waals surface area contributed by atoms with Crippen LogP contribution in [0.5, 0.6) is 5.75 Å². The highest BCUT2D eigenvalue weighted by Gasteiger charge is 2.43. The maximum absolute atomic E-state index is 13.0. The number of benzene rings is 2. The maximum Gasteiger partial charge on any atom is 0.264 e. The van der Waals surface area contributed by atoms with Crippen LogP contribution in [0.15, 0.2) is 54.6 Å². The molecule has 4 aliphatic rings. The van der Waals surface area contributed by atoms with Crippen LogP contribution in [0.2, 0.25) is 0 Å². The predicted octanol–water partition coefficient (Wildman–Crippen LogP) is 4.99. The molecule has 3 atom stereocenters. The normalized spacial score (nSPS) is 29.2. The summed E-state index contributed by atoms with van der Waals surface area (Å²) in [4.78, 5) is 15.5. The highest BCUT2D eigenvalue weighted by molar-refractivity contribution is 7.90. The van der Waals surface area contributed by atoms with Gasteiger partial charge < -0.3 is 9.64 Å². The summed E-state index contributed by atoms with van der Waals surface area (Å²) in [6, 6.07) is 14.2. The zero-order chi connectivity index (χ0) is 25.5. The quantitative estimate of drug-likeness (QED) is 0.496. The molecule has 1 spiro atoms. The van der Waals surface area contributed by atoms with Gasteiger partial charge in [-0.3, -0.25) is 4.79 Å². The number of nitrogens with zero attached hydrogens (tertiary/aromatic N) is 1. The Balaban J connectivity index is 1.40. The number of anilines is 1. The summed E-state index contributed by atoms with van der Waals surface area (Å²) in [6.07, 6.45) is 12.3. The van der Waals surface area contributed by atoms with E-state index in [1.807, 2.05) is 12.1 Å². The Bertz CT molecular complexity index is 1320. The van der Waals surface area contributed by atoms with Crippen LogP contribution in [0.4, 0.5) is 5.69 Å². The monoisotopic (exact) mass is 520 g/mol. The second-order valence-corrected chi connectivity index (χ2v) is 13.2. The van der Waals surface area contributed by atoms with Gasteiger partial charge in [0.25, 0.3) is 5.91 Å². The first kappa shape index (κ1) is 24.5. The molecule has 0 radical (unpaired) electrons. The molecule has 196 valence electrons. The third kappa shape index (κ3) is 4.90. The van der Waals surface area contributed by atoms with E-state index in [-0.39, 0.29) is 11.2 Å². The lowest BCUT2D eigenvalue weighted by atomic mass is 9.69. The first-order chi connectivity index (χ1) is 17.9. The minimum Gasteiger partial charge on any atom is -0.490 e. The molecule has 7 heteroatoms. The van der Waals surface area contributed by atoms with Gasteiger partial charge >= 0.3 is 0 Å². The maximum atomic E-state index is 13.0. The molecule has 1 fully saturated rings. The number of sulfonamides is 1. The summed E-state index contributed by atoms with van der Waals surface area (Å²) in [5.41, 5.74) is 3.94. The number of carbonyl (C=O) groups excluding carboxylic acids is 1. The van der Waals surface area contributed by atoms with Gasteiger partial charge in [0.2, 0.25) is 10.0 Å². The SMILES string of the molecule is O=C1NS(=O)(=O)CCCC=CCC2CCC2CN2CC3(CCCc4ccccc43)COc3ccc1cc32. The Morgan fingerprint density at radius 1 is 1.03 bits per heavy atom. The van der Waals surface area contributed by atoms with E-state index >= 15 is 0 Å². The summed E-state index contributed by atoms with van der Waals surface area (Å²) in [6.45, 7) is 2.35. The van der Waals surface area contributed by atoms with Gasteiger partial charge in [0.1, 0.15) is 5.75 Å². The topological polar surface area (TPSA) is 75.7 Å². The number of hydrogen-bond donors (Lipinski definition) is 1. The van der Waals surface area contributed by atoms with Crippen molar-refractivity contribution in [3.63, 3.8) is 0 Å². The molecule has 2 aromatic carbocycles. The van der Waals surface area contributed by atoms with Crippen molar-refractivity contribution in [2.24, 2.45) is 11.8 Å². The van der Waals surface area contributed by atoms with E-state index in [4.69, 9.17) is 4.74 Å². The van der Waals surface area contributed by atoms with Crippen LogP contribution < -0.4 is 14.4 Å². The van der Waals surface area contributed by atoms with Crippen LogP contribution in [0.25, 0.3) is 0 Å². The van der Waals surface area contributed by atoms with Crippen molar-refractivity contribution >= 4 is 21.6 Å². The average Bonchev–Trinajstić information content (AvgIpc) is 3.02. The molecule has 2 aliphatic carbocycles. The minimum absolute atomic E-state index is 0.0583. The van der Waals surface area contributed by atoms with Crippen LogP contribution >= 0.6 is 0 Å². The minimum atomic E-state index is -3.69. The first-order valence-corrected chi connectivity index (χ1v) is 15.4. The number of fused-ring (bicyclic) bond motifs is 4. The van der Waals surface area contributed by atoms with Crippen molar-refractivity contribution in [1.82, 2.24) is 4.72 Å². The lowest BCUT2D eigenvalue weighted by Gasteiger charge is -2.44. The number of nitrogens with one attached hydrogen (secondary N) is 1. The van der Waals surface area contributed by atoms with Gasteiger partial charge in [0.15, 0.2) is 0 Å². The van der Waals surface area contributed by atoms with E-state index in [2.05, 4.69) is 46.0 Å². The number of aryl methyl sites for hydroxylation is 1. The molecule has 3 unspecified atom stereocenters. The Hall–Kier alpha value is -2.80. The molecule has 37 heavy (non-hydrogen) atoms. The molecule has 1 saturated carbocycles. The molecule has 2 aromatic rings. The number of ether oxygens (including phenoxy) is 1. The van der Waals surface area contributed by atoms with Crippen molar-refractivity contribution in [2.75, 3.05) is 30.3 Å². The van der Waals surface area contributed by atoms with Crippen LogP contribution in [0.1, 0.15) is 66.4 Å². The zero-order valence-electron chi connectivity index (χ0n) is 21.3. The second kappa shape index (κ2) is 9.82. The Labute approximate surface area is 220 Å². The van der Waals surface area contributed by atoms with Gasteiger partial charge in [0, 0.05) is 24.1 Å². The highest BCUT2D eigenvalue weighted by Crippen LogP contribution is 2.46. The van der Waals surface area contributed by atoms with Crippen molar-refractivity contribution < 1.29 is 17.9 Å². The third-order valence-electron chi connectivity index (χ3n) is 8.92.